The molecule has 5 heteroatoms. The molecule has 2 aromatic carbocycles. The van der Waals surface area contributed by atoms with Crippen LogP contribution in [0, 0.1) is 5.92 Å². The van der Waals surface area contributed by atoms with E-state index >= 15 is 0 Å². The Morgan fingerprint density at radius 2 is 1.81 bits per heavy atom. The Morgan fingerprint density at radius 1 is 1.03 bits per heavy atom. The van der Waals surface area contributed by atoms with Crippen molar-refractivity contribution in [3.8, 4) is 5.75 Å². The second kappa shape index (κ2) is 10.1. The number of Topliss-reactive ketones (excluding diaryl/α,β-unsaturated/α-hetero) is 1. The third kappa shape index (κ3) is 5.73. The van der Waals surface area contributed by atoms with Gasteiger partial charge in [0.25, 0.3) is 0 Å². The van der Waals surface area contributed by atoms with Crippen molar-refractivity contribution >= 4 is 11.7 Å². The lowest BCUT2D eigenvalue weighted by molar-refractivity contribution is -0.129. The molecule has 0 aliphatic carbocycles. The maximum absolute atomic E-state index is 12.8. The van der Waals surface area contributed by atoms with E-state index in [1.807, 2.05) is 18.2 Å². The van der Waals surface area contributed by atoms with Crippen molar-refractivity contribution in [3.63, 3.8) is 0 Å². The van der Waals surface area contributed by atoms with Gasteiger partial charge in [0, 0.05) is 37.6 Å². The highest BCUT2D eigenvalue weighted by atomic mass is 16.5. The number of likely N-dealkylation sites (tertiary alicyclic amines) is 1. The van der Waals surface area contributed by atoms with Gasteiger partial charge in [0.05, 0.1) is 6.54 Å². The summed E-state index contributed by atoms with van der Waals surface area (Å²) in [6.07, 6.45) is 3.85. The summed E-state index contributed by atoms with van der Waals surface area (Å²) >= 11 is 0. The van der Waals surface area contributed by atoms with Gasteiger partial charge in [0.15, 0.2) is 5.78 Å². The fraction of sp³-hybridized carbons (Fsp3) is 0.462. The molecular weight excluding hydrogens is 388 g/mol. The summed E-state index contributed by atoms with van der Waals surface area (Å²) in [5.41, 5.74) is 3.02. The lowest BCUT2D eigenvalue weighted by Gasteiger charge is -2.32. The summed E-state index contributed by atoms with van der Waals surface area (Å²) in [5, 5.41) is 0. The van der Waals surface area contributed by atoms with E-state index in [4.69, 9.17) is 4.74 Å². The summed E-state index contributed by atoms with van der Waals surface area (Å²) in [7, 11) is 0. The third-order valence-corrected chi connectivity index (χ3v) is 6.54. The lowest BCUT2D eigenvalue weighted by Crippen LogP contribution is -2.33. The molecule has 0 unspecified atom stereocenters. The monoisotopic (exact) mass is 420 g/mol. The highest BCUT2D eigenvalue weighted by Gasteiger charge is 2.22. The Kier molecular flexibility index (Phi) is 7.03. The van der Waals surface area contributed by atoms with E-state index in [0.29, 0.717) is 32.0 Å². The second-order valence-corrected chi connectivity index (χ2v) is 8.78. The average molecular weight is 421 g/mol. The zero-order chi connectivity index (χ0) is 21.6. The first kappa shape index (κ1) is 21.6. The summed E-state index contributed by atoms with van der Waals surface area (Å²) in [4.78, 5) is 28.9. The molecule has 164 valence electrons. The molecule has 0 radical (unpaired) electrons. The number of carbonyl (C=O) groups is 2. The van der Waals surface area contributed by atoms with E-state index in [0.717, 1.165) is 55.8 Å². The van der Waals surface area contributed by atoms with Gasteiger partial charge >= 0.3 is 0 Å². The largest absolute Gasteiger partial charge is 0.491 e. The van der Waals surface area contributed by atoms with E-state index in [2.05, 4.69) is 35.2 Å². The first-order valence-corrected chi connectivity index (χ1v) is 11.4. The van der Waals surface area contributed by atoms with Gasteiger partial charge in [-0.2, -0.15) is 0 Å². The topological polar surface area (TPSA) is 49.9 Å². The van der Waals surface area contributed by atoms with Gasteiger partial charge in [-0.15, -0.1) is 0 Å². The highest BCUT2D eigenvalue weighted by Crippen LogP contribution is 2.27. The Morgan fingerprint density at radius 3 is 2.55 bits per heavy atom. The molecule has 0 atom stereocenters. The molecule has 2 aromatic rings. The maximum atomic E-state index is 12.8. The number of ketones is 1. The molecule has 5 nitrogen and oxygen atoms in total. The predicted octanol–water partition coefficient (Wildman–Crippen LogP) is 4.30. The smallest absolute Gasteiger partial charge is 0.219 e. The number of benzene rings is 2. The van der Waals surface area contributed by atoms with Gasteiger partial charge in [-0.05, 0) is 62.0 Å². The number of nitrogens with zero attached hydrogens (tertiary/aromatic N) is 2. The number of hydrogen-bond acceptors (Lipinski definition) is 4. The van der Waals surface area contributed by atoms with Gasteiger partial charge in [-0.1, -0.05) is 30.3 Å². The van der Waals surface area contributed by atoms with Gasteiger partial charge in [-0.3, -0.25) is 14.5 Å². The highest BCUT2D eigenvalue weighted by molar-refractivity contribution is 5.96. The van der Waals surface area contributed by atoms with Crippen molar-refractivity contribution in [1.29, 1.82) is 0 Å². The van der Waals surface area contributed by atoms with Crippen LogP contribution < -0.4 is 4.74 Å². The van der Waals surface area contributed by atoms with Crippen LogP contribution in [0.1, 0.15) is 54.1 Å². The molecule has 2 aliphatic rings. The number of ether oxygens (including phenoxy) is 1. The molecule has 4 rings (SSSR count). The maximum Gasteiger partial charge on any atom is 0.219 e. The number of hydrogen-bond donors (Lipinski definition) is 0. The van der Waals surface area contributed by atoms with Crippen LogP contribution >= 0.6 is 0 Å². The quantitative estimate of drug-likeness (QED) is 0.654. The standard InChI is InChI=1S/C26H32N2O3/c1-20(29)28-15-16-31-26-10-8-23(17-24(26)19-28)25(30)9-7-21-11-13-27(14-12-21)18-22-5-3-2-4-6-22/h2-6,8,10,17,21H,7,9,11-16,18-19H2,1H3. The Labute approximate surface area is 185 Å². The first-order chi connectivity index (χ1) is 15.1. The van der Waals surface area contributed by atoms with Gasteiger partial charge in [0.1, 0.15) is 12.4 Å². The van der Waals surface area contributed by atoms with Crippen LogP contribution in [0.2, 0.25) is 0 Å². The summed E-state index contributed by atoms with van der Waals surface area (Å²) in [5.74, 6) is 1.62. The SMILES string of the molecule is CC(=O)N1CCOc2ccc(C(=O)CCC3CCN(Cc4ccccc4)CC3)cc2C1. The average Bonchev–Trinajstić information content (AvgIpc) is 3.01. The summed E-state index contributed by atoms with van der Waals surface area (Å²) in [6, 6.07) is 16.3. The minimum absolute atomic E-state index is 0.0341. The number of amides is 1. The number of fused-ring (bicyclic) bond motifs is 1. The Balaban J connectivity index is 1.27. The molecule has 0 saturated carbocycles. The van der Waals surface area contributed by atoms with Gasteiger partial charge < -0.3 is 9.64 Å². The van der Waals surface area contributed by atoms with Gasteiger partial charge in [-0.25, -0.2) is 0 Å². The van der Waals surface area contributed by atoms with Crippen molar-refractivity contribution in [2.45, 2.75) is 45.7 Å². The fourth-order valence-electron chi connectivity index (χ4n) is 4.59. The van der Waals surface area contributed by atoms with Crippen LogP contribution in [-0.4, -0.2) is 47.7 Å². The van der Waals surface area contributed by atoms with E-state index in [1.54, 1.807) is 11.8 Å². The minimum atomic E-state index is 0.0341. The van der Waals surface area contributed by atoms with Crippen LogP contribution in [0.25, 0.3) is 0 Å². The van der Waals surface area contributed by atoms with Crippen molar-refractivity contribution in [2.75, 3.05) is 26.2 Å². The Bertz CT molecular complexity index is 904. The molecule has 2 heterocycles. The van der Waals surface area contributed by atoms with E-state index < -0.39 is 0 Å². The lowest BCUT2D eigenvalue weighted by atomic mass is 9.90. The number of rotatable bonds is 6. The van der Waals surface area contributed by atoms with Crippen LogP contribution in [-0.2, 0) is 17.9 Å². The number of carbonyl (C=O) groups excluding carboxylic acids is 2. The van der Waals surface area contributed by atoms with Gasteiger partial charge in [0.2, 0.25) is 5.91 Å². The van der Waals surface area contributed by atoms with Crippen LogP contribution in [0.4, 0.5) is 0 Å². The molecular formula is C26H32N2O3. The number of piperidine rings is 1. The zero-order valence-electron chi connectivity index (χ0n) is 18.4. The molecule has 0 aromatic heterocycles. The van der Waals surface area contributed by atoms with Crippen molar-refractivity contribution in [2.24, 2.45) is 5.92 Å². The minimum Gasteiger partial charge on any atom is -0.491 e. The van der Waals surface area contributed by atoms with E-state index in [1.165, 1.54) is 5.56 Å². The summed E-state index contributed by atoms with van der Waals surface area (Å²) in [6.45, 7) is 6.37. The third-order valence-electron chi connectivity index (χ3n) is 6.54. The van der Waals surface area contributed by atoms with Crippen molar-refractivity contribution in [3.05, 3.63) is 65.2 Å². The molecule has 0 N–H and O–H groups in total. The van der Waals surface area contributed by atoms with E-state index in [-0.39, 0.29) is 11.7 Å². The molecule has 1 amide bonds. The fourth-order valence-corrected chi connectivity index (χ4v) is 4.59. The molecule has 0 bridgehead atoms. The molecule has 1 fully saturated rings. The van der Waals surface area contributed by atoms with Crippen LogP contribution in [0.3, 0.4) is 0 Å². The van der Waals surface area contributed by atoms with Crippen molar-refractivity contribution in [1.82, 2.24) is 9.80 Å². The molecule has 1 saturated heterocycles. The van der Waals surface area contributed by atoms with Crippen LogP contribution in [0.15, 0.2) is 48.5 Å². The predicted molar refractivity (Wildman–Crippen MR) is 121 cm³/mol. The van der Waals surface area contributed by atoms with Crippen molar-refractivity contribution < 1.29 is 14.3 Å². The normalized spacial score (nSPS) is 17.5. The first-order valence-electron chi connectivity index (χ1n) is 11.4. The Hall–Kier alpha value is -2.66. The van der Waals surface area contributed by atoms with E-state index in [9.17, 15) is 9.59 Å². The second-order valence-electron chi connectivity index (χ2n) is 8.78. The zero-order valence-corrected chi connectivity index (χ0v) is 18.4. The molecule has 2 aliphatic heterocycles. The summed E-state index contributed by atoms with van der Waals surface area (Å²) < 4.78 is 5.76. The molecule has 0 spiro atoms. The molecule has 31 heavy (non-hydrogen) atoms. The van der Waals surface area contributed by atoms with Crippen LogP contribution in [0.5, 0.6) is 5.75 Å².